The molecule has 0 aliphatic carbocycles. The molecule has 2 rings (SSSR count). The molecule has 1 aromatic carbocycles. The largest absolute Gasteiger partial charge is 0.481 e. The zero-order chi connectivity index (χ0) is 13.7. The van der Waals surface area contributed by atoms with Gasteiger partial charge in [-0.15, -0.1) is 0 Å². The Hall–Kier alpha value is -1.10. The van der Waals surface area contributed by atoms with Crippen LogP contribution >= 0.6 is 11.6 Å². The van der Waals surface area contributed by atoms with Gasteiger partial charge in [-0.1, -0.05) is 23.7 Å². The minimum atomic E-state index is -0.736. The number of aliphatic carboxylic acids is 1. The molecule has 1 saturated heterocycles. The molecule has 104 valence electrons. The van der Waals surface area contributed by atoms with Gasteiger partial charge in [-0.3, -0.25) is 9.69 Å². The summed E-state index contributed by atoms with van der Waals surface area (Å²) in [4.78, 5) is 12.8. The van der Waals surface area contributed by atoms with Gasteiger partial charge in [0.2, 0.25) is 0 Å². The number of hydrogen-bond donors (Lipinski definition) is 1. The van der Waals surface area contributed by atoms with Crippen LogP contribution < -0.4 is 0 Å². The van der Waals surface area contributed by atoms with Gasteiger partial charge in [0.25, 0.3) is 0 Å². The predicted octanol–water partition coefficient (Wildman–Crippen LogP) is 2.58. The van der Waals surface area contributed by atoms with E-state index in [1.54, 1.807) is 0 Å². The highest BCUT2D eigenvalue weighted by atomic mass is 35.5. The highest BCUT2D eigenvalue weighted by Gasteiger charge is 2.21. The number of carboxylic acid groups (broad SMARTS) is 1. The van der Waals surface area contributed by atoms with Crippen molar-refractivity contribution in [1.82, 2.24) is 4.90 Å². The fourth-order valence-electron chi connectivity index (χ4n) is 2.27. The van der Waals surface area contributed by atoms with Gasteiger partial charge in [0.1, 0.15) is 0 Å². The summed E-state index contributed by atoms with van der Waals surface area (Å²) >= 11 is 5.98. The van der Waals surface area contributed by atoms with Crippen LogP contribution in [0.5, 0.6) is 0 Å². The van der Waals surface area contributed by atoms with Crippen molar-refractivity contribution in [1.29, 1.82) is 0 Å². The third-order valence-electron chi connectivity index (χ3n) is 3.24. The maximum absolute atomic E-state index is 10.5. The topological polar surface area (TPSA) is 49.8 Å². The molecule has 0 spiro atoms. The summed E-state index contributed by atoms with van der Waals surface area (Å²) in [5, 5.41) is 9.36. The molecule has 1 aliphatic rings. The first kappa shape index (κ1) is 14.3. The lowest BCUT2D eigenvalue weighted by Crippen LogP contribution is -2.39. The first-order chi connectivity index (χ1) is 9.15. The molecule has 1 fully saturated rings. The smallest absolute Gasteiger partial charge is 0.303 e. The molecule has 0 saturated carbocycles. The number of carbonyl (C=O) groups is 1. The van der Waals surface area contributed by atoms with Gasteiger partial charge in [0.15, 0.2) is 0 Å². The van der Waals surface area contributed by atoms with Gasteiger partial charge in [0.05, 0.1) is 12.7 Å². The first-order valence-electron chi connectivity index (χ1n) is 6.46. The lowest BCUT2D eigenvalue weighted by atomic mass is 10.1. The van der Waals surface area contributed by atoms with E-state index in [1.165, 1.54) is 0 Å². The van der Waals surface area contributed by atoms with Crippen molar-refractivity contribution >= 4 is 17.6 Å². The molecule has 1 aromatic rings. The van der Waals surface area contributed by atoms with Gasteiger partial charge >= 0.3 is 5.97 Å². The van der Waals surface area contributed by atoms with Gasteiger partial charge in [-0.25, -0.2) is 0 Å². The van der Waals surface area contributed by atoms with E-state index in [9.17, 15) is 4.79 Å². The van der Waals surface area contributed by atoms with Gasteiger partial charge in [0, 0.05) is 24.5 Å². The Morgan fingerprint density at radius 1 is 1.53 bits per heavy atom. The van der Waals surface area contributed by atoms with Crippen LogP contribution in [0.2, 0.25) is 5.02 Å². The Balaban J connectivity index is 1.88. The first-order valence-corrected chi connectivity index (χ1v) is 6.84. The number of morpholine rings is 1. The zero-order valence-electron chi connectivity index (χ0n) is 10.7. The molecular weight excluding hydrogens is 266 g/mol. The second-order valence-corrected chi connectivity index (χ2v) is 5.15. The standard InChI is InChI=1S/C14H18ClNO3/c15-12-4-1-3-11(9-12)13-10-16(7-8-19-13)6-2-5-14(17)18/h1,3-4,9,13H,2,5-8,10H2,(H,17,18). The second-order valence-electron chi connectivity index (χ2n) is 4.71. The molecule has 0 radical (unpaired) electrons. The fourth-order valence-corrected chi connectivity index (χ4v) is 2.47. The van der Waals surface area contributed by atoms with Crippen LogP contribution in [0.4, 0.5) is 0 Å². The van der Waals surface area contributed by atoms with Crippen molar-refractivity contribution < 1.29 is 14.6 Å². The number of carboxylic acids is 1. The summed E-state index contributed by atoms with van der Waals surface area (Å²) in [6.45, 7) is 3.12. The normalized spacial score (nSPS) is 20.4. The minimum absolute atomic E-state index is 0.0253. The molecule has 1 unspecified atom stereocenters. The van der Waals surface area contributed by atoms with Crippen LogP contribution in [0.3, 0.4) is 0 Å². The van der Waals surface area contributed by atoms with E-state index < -0.39 is 5.97 Å². The van der Waals surface area contributed by atoms with Crippen molar-refractivity contribution in [3.63, 3.8) is 0 Å². The lowest BCUT2D eigenvalue weighted by molar-refractivity contribution is -0.137. The predicted molar refractivity (Wildman–Crippen MR) is 73.5 cm³/mol. The quantitative estimate of drug-likeness (QED) is 0.902. The number of benzene rings is 1. The summed E-state index contributed by atoms with van der Waals surface area (Å²) in [6.07, 6.45) is 0.925. The number of ether oxygens (including phenoxy) is 1. The molecule has 1 atom stereocenters. The number of rotatable bonds is 5. The number of nitrogens with zero attached hydrogens (tertiary/aromatic N) is 1. The summed E-state index contributed by atoms with van der Waals surface area (Å²) in [5.41, 5.74) is 1.08. The third-order valence-corrected chi connectivity index (χ3v) is 3.47. The Kier molecular flexibility index (Phi) is 5.19. The maximum Gasteiger partial charge on any atom is 0.303 e. The molecule has 4 nitrogen and oxygen atoms in total. The monoisotopic (exact) mass is 283 g/mol. The molecule has 0 aromatic heterocycles. The van der Waals surface area contributed by atoms with E-state index >= 15 is 0 Å². The summed E-state index contributed by atoms with van der Waals surface area (Å²) < 4.78 is 5.76. The SMILES string of the molecule is O=C(O)CCCN1CCOC(c2cccc(Cl)c2)C1. The van der Waals surface area contributed by atoms with E-state index in [0.29, 0.717) is 18.1 Å². The Morgan fingerprint density at radius 2 is 2.37 bits per heavy atom. The number of hydrogen-bond acceptors (Lipinski definition) is 3. The summed E-state index contributed by atoms with van der Waals surface area (Å²) in [6, 6.07) is 7.70. The molecule has 0 amide bonds. The zero-order valence-corrected chi connectivity index (χ0v) is 11.5. The highest BCUT2D eigenvalue weighted by molar-refractivity contribution is 6.30. The molecule has 0 bridgehead atoms. The highest BCUT2D eigenvalue weighted by Crippen LogP contribution is 2.24. The molecule has 5 heteroatoms. The van der Waals surface area contributed by atoms with Crippen molar-refractivity contribution in [2.75, 3.05) is 26.2 Å². The van der Waals surface area contributed by atoms with Crippen LogP contribution in [0.25, 0.3) is 0 Å². The van der Waals surface area contributed by atoms with E-state index in [-0.39, 0.29) is 12.5 Å². The van der Waals surface area contributed by atoms with E-state index in [0.717, 1.165) is 25.2 Å². The fraction of sp³-hybridized carbons (Fsp3) is 0.500. The van der Waals surface area contributed by atoms with E-state index in [4.69, 9.17) is 21.4 Å². The van der Waals surface area contributed by atoms with Crippen molar-refractivity contribution in [2.24, 2.45) is 0 Å². The van der Waals surface area contributed by atoms with Crippen LogP contribution in [0.15, 0.2) is 24.3 Å². The molecule has 1 heterocycles. The maximum atomic E-state index is 10.5. The second kappa shape index (κ2) is 6.89. The Labute approximate surface area is 117 Å². The van der Waals surface area contributed by atoms with Gasteiger partial charge in [-0.2, -0.15) is 0 Å². The van der Waals surface area contributed by atoms with Crippen molar-refractivity contribution in [3.05, 3.63) is 34.9 Å². The van der Waals surface area contributed by atoms with Crippen LogP contribution in [0, 0.1) is 0 Å². The van der Waals surface area contributed by atoms with Crippen LogP contribution in [-0.4, -0.2) is 42.2 Å². The van der Waals surface area contributed by atoms with Gasteiger partial charge < -0.3 is 9.84 Å². The minimum Gasteiger partial charge on any atom is -0.481 e. The Bertz CT molecular complexity index is 438. The average molecular weight is 284 g/mol. The molecule has 1 aliphatic heterocycles. The Morgan fingerprint density at radius 3 is 3.11 bits per heavy atom. The van der Waals surface area contributed by atoms with Crippen LogP contribution in [0.1, 0.15) is 24.5 Å². The average Bonchev–Trinajstić information content (AvgIpc) is 2.39. The van der Waals surface area contributed by atoms with Gasteiger partial charge in [-0.05, 0) is 30.7 Å². The van der Waals surface area contributed by atoms with E-state index in [2.05, 4.69) is 4.90 Å². The molecular formula is C14H18ClNO3. The van der Waals surface area contributed by atoms with Crippen molar-refractivity contribution in [3.8, 4) is 0 Å². The third kappa shape index (κ3) is 4.49. The lowest BCUT2D eigenvalue weighted by Gasteiger charge is -2.33. The number of halogens is 1. The van der Waals surface area contributed by atoms with E-state index in [1.807, 2.05) is 24.3 Å². The molecule has 19 heavy (non-hydrogen) atoms. The summed E-state index contributed by atoms with van der Waals surface area (Å²) in [7, 11) is 0. The molecule has 1 N–H and O–H groups in total. The summed E-state index contributed by atoms with van der Waals surface area (Å²) in [5.74, 6) is -0.736. The van der Waals surface area contributed by atoms with Crippen molar-refractivity contribution in [2.45, 2.75) is 18.9 Å². The van der Waals surface area contributed by atoms with Crippen LogP contribution in [-0.2, 0) is 9.53 Å².